The molecule has 1 aliphatic rings. The molecule has 0 bridgehead atoms. The summed E-state index contributed by atoms with van der Waals surface area (Å²) in [5.41, 5.74) is 1.14. The number of phenols is 1. The van der Waals surface area contributed by atoms with Crippen LogP contribution < -0.4 is 0 Å². The smallest absolute Gasteiger partial charge is 0.115 e. The van der Waals surface area contributed by atoms with Crippen molar-refractivity contribution in [3.63, 3.8) is 0 Å². The average molecular weight is 267 g/mol. The molecule has 1 saturated heterocycles. The van der Waals surface area contributed by atoms with Crippen molar-refractivity contribution >= 4 is 11.0 Å². The van der Waals surface area contributed by atoms with E-state index in [1.54, 1.807) is 12.1 Å². The molecule has 2 atom stereocenters. The van der Waals surface area contributed by atoms with Crippen LogP contribution in [-0.4, -0.2) is 24.9 Å². The Morgan fingerprint density at radius 1 is 1.28 bits per heavy atom. The maximum Gasteiger partial charge on any atom is 0.115 e. The molecule has 100 valence electrons. The number of hydrogen-bond acceptors (Lipinski definition) is 2. The lowest BCUT2D eigenvalue weighted by atomic mass is 10.1. The van der Waals surface area contributed by atoms with Crippen molar-refractivity contribution in [3.8, 4) is 5.75 Å². The van der Waals surface area contributed by atoms with E-state index in [0.29, 0.717) is 0 Å². The highest BCUT2D eigenvalue weighted by atomic mass is 32.2. The predicted molar refractivity (Wildman–Crippen MR) is 74.7 cm³/mol. The van der Waals surface area contributed by atoms with Gasteiger partial charge >= 0.3 is 0 Å². The SMILES string of the molecule is CC(C)(C)[S@@](=O)N1CCC[C@H]1c1ccc(O)cc1. The number of hydrogen-bond donors (Lipinski definition) is 1. The molecule has 0 radical (unpaired) electrons. The number of benzene rings is 1. The second-order valence-electron chi connectivity index (χ2n) is 5.75. The summed E-state index contributed by atoms with van der Waals surface area (Å²) in [5.74, 6) is 0.278. The Morgan fingerprint density at radius 2 is 1.89 bits per heavy atom. The van der Waals surface area contributed by atoms with Crippen LogP contribution in [0, 0.1) is 0 Å². The third-order valence-electron chi connectivity index (χ3n) is 3.22. The topological polar surface area (TPSA) is 40.5 Å². The minimum atomic E-state index is -0.978. The quantitative estimate of drug-likeness (QED) is 0.895. The Morgan fingerprint density at radius 3 is 2.44 bits per heavy atom. The van der Waals surface area contributed by atoms with E-state index in [0.717, 1.165) is 24.9 Å². The monoisotopic (exact) mass is 267 g/mol. The Kier molecular flexibility index (Phi) is 3.78. The molecule has 1 aliphatic heterocycles. The maximum absolute atomic E-state index is 12.5. The molecule has 0 spiro atoms. The molecule has 4 heteroatoms. The molecular weight excluding hydrogens is 246 g/mol. The van der Waals surface area contributed by atoms with Gasteiger partial charge in [0.25, 0.3) is 0 Å². The minimum absolute atomic E-state index is 0.214. The minimum Gasteiger partial charge on any atom is -0.508 e. The van der Waals surface area contributed by atoms with Crippen LogP contribution in [0.2, 0.25) is 0 Å². The fourth-order valence-corrected chi connectivity index (χ4v) is 3.78. The zero-order valence-electron chi connectivity index (χ0n) is 11.2. The van der Waals surface area contributed by atoms with Crippen LogP contribution in [0.15, 0.2) is 24.3 Å². The van der Waals surface area contributed by atoms with Gasteiger partial charge < -0.3 is 5.11 Å². The van der Waals surface area contributed by atoms with Gasteiger partial charge in [-0.1, -0.05) is 12.1 Å². The Bertz CT molecular complexity index is 436. The van der Waals surface area contributed by atoms with Gasteiger partial charge in [0, 0.05) is 12.6 Å². The normalized spacial score (nSPS) is 23.2. The lowest BCUT2D eigenvalue weighted by Crippen LogP contribution is -2.37. The standard InChI is InChI=1S/C14H21NO2S/c1-14(2,3)18(17)15-10-4-5-13(15)11-6-8-12(16)9-7-11/h6-9,13,16H,4-5,10H2,1-3H3/t13-,18+/m0/s1. The van der Waals surface area contributed by atoms with Crippen molar-refractivity contribution < 1.29 is 9.32 Å². The first-order valence-corrected chi connectivity index (χ1v) is 7.48. The van der Waals surface area contributed by atoms with Gasteiger partial charge in [0.1, 0.15) is 16.7 Å². The third-order valence-corrected chi connectivity index (χ3v) is 5.13. The van der Waals surface area contributed by atoms with Crippen LogP contribution in [0.4, 0.5) is 0 Å². The first-order chi connectivity index (χ1) is 8.39. The van der Waals surface area contributed by atoms with Crippen LogP contribution in [0.1, 0.15) is 45.2 Å². The highest BCUT2D eigenvalue weighted by molar-refractivity contribution is 7.84. The Balaban J connectivity index is 2.22. The molecule has 1 aromatic carbocycles. The summed E-state index contributed by atoms with van der Waals surface area (Å²) in [6, 6.07) is 7.47. The molecule has 1 N–H and O–H groups in total. The van der Waals surface area contributed by atoms with Crippen LogP contribution in [-0.2, 0) is 11.0 Å². The molecule has 0 unspecified atom stereocenters. The molecule has 1 fully saturated rings. The van der Waals surface area contributed by atoms with Gasteiger partial charge in [-0.3, -0.25) is 0 Å². The first kappa shape index (κ1) is 13.6. The Labute approximate surface area is 111 Å². The van der Waals surface area contributed by atoms with E-state index in [2.05, 4.69) is 4.31 Å². The van der Waals surface area contributed by atoms with Gasteiger partial charge in [0.15, 0.2) is 0 Å². The maximum atomic E-state index is 12.5. The number of aromatic hydroxyl groups is 1. The third kappa shape index (κ3) is 2.75. The van der Waals surface area contributed by atoms with E-state index < -0.39 is 11.0 Å². The number of nitrogens with zero attached hydrogens (tertiary/aromatic N) is 1. The lowest BCUT2D eigenvalue weighted by Gasteiger charge is -2.30. The fraction of sp³-hybridized carbons (Fsp3) is 0.571. The molecule has 3 nitrogen and oxygen atoms in total. The van der Waals surface area contributed by atoms with Crippen molar-refractivity contribution in [1.82, 2.24) is 4.31 Å². The molecule has 2 rings (SSSR count). The molecular formula is C14H21NO2S. The number of phenolic OH excluding ortho intramolecular Hbond substituents is 1. The molecule has 0 saturated carbocycles. The second kappa shape index (κ2) is 5.02. The molecule has 18 heavy (non-hydrogen) atoms. The highest BCUT2D eigenvalue weighted by Gasteiger charge is 2.35. The molecule has 1 aromatic rings. The van der Waals surface area contributed by atoms with Gasteiger partial charge in [-0.2, -0.15) is 0 Å². The second-order valence-corrected chi connectivity index (χ2v) is 7.94. The van der Waals surface area contributed by atoms with Crippen LogP contribution in [0.25, 0.3) is 0 Å². The van der Waals surface area contributed by atoms with E-state index in [4.69, 9.17) is 0 Å². The van der Waals surface area contributed by atoms with Crippen LogP contribution in [0.5, 0.6) is 5.75 Å². The highest BCUT2D eigenvalue weighted by Crippen LogP contribution is 2.36. The summed E-state index contributed by atoms with van der Waals surface area (Å²) >= 11 is 0. The van der Waals surface area contributed by atoms with E-state index in [1.165, 1.54) is 0 Å². The van der Waals surface area contributed by atoms with Crippen molar-refractivity contribution in [2.45, 2.75) is 44.4 Å². The van der Waals surface area contributed by atoms with E-state index >= 15 is 0 Å². The summed E-state index contributed by atoms with van der Waals surface area (Å²) in [7, 11) is -0.978. The molecule has 0 aromatic heterocycles. The molecule has 0 amide bonds. The summed E-state index contributed by atoms with van der Waals surface area (Å²) in [4.78, 5) is 0. The average Bonchev–Trinajstić information content (AvgIpc) is 2.76. The summed E-state index contributed by atoms with van der Waals surface area (Å²) in [6.45, 7) is 6.91. The molecule has 0 aliphatic carbocycles. The van der Waals surface area contributed by atoms with Crippen LogP contribution in [0.3, 0.4) is 0 Å². The Hall–Kier alpha value is -0.870. The molecule has 1 heterocycles. The van der Waals surface area contributed by atoms with Gasteiger partial charge in [-0.25, -0.2) is 8.51 Å². The first-order valence-electron chi connectivity index (χ1n) is 6.37. The van der Waals surface area contributed by atoms with Crippen molar-refractivity contribution in [2.24, 2.45) is 0 Å². The summed E-state index contributed by atoms with van der Waals surface area (Å²) in [6.07, 6.45) is 2.11. The van der Waals surface area contributed by atoms with Crippen molar-refractivity contribution in [2.75, 3.05) is 6.54 Å². The zero-order valence-corrected chi connectivity index (χ0v) is 12.0. The predicted octanol–water partition coefficient (Wildman–Crippen LogP) is 2.99. The zero-order chi connectivity index (χ0) is 13.3. The van der Waals surface area contributed by atoms with E-state index in [1.807, 2.05) is 32.9 Å². The summed E-state index contributed by atoms with van der Waals surface area (Å²) in [5, 5.41) is 9.33. The lowest BCUT2D eigenvalue weighted by molar-refractivity contribution is 0.415. The van der Waals surface area contributed by atoms with Crippen molar-refractivity contribution in [1.29, 1.82) is 0 Å². The van der Waals surface area contributed by atoms with E-state index in [-0.39, 0.29) is 16.5 Å². The summed E-state index contributed by atoms with van der Waals surface area (Å²) < 4.78 is 14.4. The van der Waals surface area contributed by atoms with E-state index in [9.17, 15) is 9.32 Å². The van der Waals surface area contributed by atoms with Gasteiger partial charge in [-0.15, -0.1) is 0 Å². The number of rotatable bonds is 2. The van der Waals surface area contributed by atoms with Gasteiger partial charge in [-0.05, 0) is 51.3 Å². The van der Waals surface area contributed by atoms with Gasteiger partial charge in [0.05, 0.1) is 4.75 Å². The van der Waals surface area contributed by atoms with Crippen molar-refractivity contribution in [3.05, 3.63) is 29.8 Å². The van der Waals surface area contributed by atoms with Crippen LogP contribution >= 0.6 is 0 Å². The largest absolute Gasteiger partial charge is 0.508 e. The fourth-order valence-electron chi connectivity index (χ4n) is 2.32. The van der Waals surface area contributed by atoms with Gasteiger partial charge in [0.2, 0.25) is 0 Å².